The Kier molecular flexibility index (Phi) is 3.70. The first kappa shape index (κ1) is 11.3. The maximum Gasteiger partial charge on any atom is 0.338 e. The molecule has 14 heavy (non-hydrogen) atoms. The molecule has 1 aliphatic heterocycles. The van der Waals surface area contributed by atoms with Gasteiger partial charge in [0.05, 0.1) is 7.11 Å². The normalized spacial score (nSPS) is 23.4. The highest BCUT2D eigenvalue weighted by atomic mass is 32.2. The summed E-state index contributed by atoms with van der Waals surface area (Å²) >= 11 is 0. The van der Waals surface area contributed by atoms with Crippen LogP contribution in [-0.4, -0.2) is 39.0 Å². The Balaban J connectivity index is 2.73. The lowest BCUT2D eigenvalue weighted by atomic mass is 10.2. The summed E-state index contributed by atoms with van der Waals surface area (Å²) in [6, 6.07) is -0.254. The van der Waals surface area contributed by atoms with Crippen molar-refractivity contribution in [3.8, 4) is 0 Å². The van der Waals surface area contributed by atoms with Gasteiger partial charge in [0, 0.05) is 24.0 Å². The Hall–Kier alpha value is -0.820. The van der Waals surface area contributed by atoms with Crippen LogP contribution in [0.25, 0.3) is 10.4 Å². The first-order chi connectivity index (χ1) is 6.61. The highest BCUT2D eigenvalue weighted by Gasteiger charge is 2.33. The molecule has 0 bridgehead atoms. The average Bonchev–Trinajstić information content (AvgIpc) is 2.63. The van der Waals surface area contributed by atoms with E-state index in [1.54, 1.807) is 0 Å². The predicted molar refractivity (Wildman–Crippen MR) is 49.7 cm³/mol. The van der Waals surface area contributed by atoms with Crippen molar-refractivity contribution in [1.29, 1.82) is 0 Å². The zero-order chi connectivity index (χ0) is 10.6. The van der Waals surface area contributed by atoms with Crippen LogP contribution in [0.2, 0.25) is 0 Å². The minimum atomic E-state index is -3.63. The van der Waals surface area contributed by atoms with Crippen molar-refractivity contribution in [1.82, 2.24) is 4.31 Å². The highest BCUT2D eigenvalue weighted by molar-refractivity contribution is 7.84. The van der Waals surface area contributed by atoms with E-state index in [1.807, 2.05) is 0 Å². The molecule has 0 aromatic rings. The van der Waals surface area contributed by atoms with Crippen LogP contribution in [-0.2, 0) is 14.5 Å². The molecule has 1 saturated heterocycles. The summed E-state index contributed by atoms with van der Waals surface area (Å²) in [6.07, 6.45) is 1.48. The zero-order valence-corrected chi connectivity index (χ0v) is 8.64. The Morgan fingerprint density at radius 2 is 2.43 bits per heavy atom. The van der Waals surface area contributed by atoms with Crippen molar-refractivity contribution in [3.63, 3.8) is 0 Å². The molecule has 0 radical (unpaired) electrons. The van der Waals surface area contributed by atoms with E-state index >= 15 is 0 Å². The van der Waals surface area contributed by atoms with E-state index in [0.29, 0.717) is 13.0 Å². The van der Waals surface area contributed by atoms with Gasteiger partial charge in [0.25, 0.3) is 0 Å². The molecule has 0 amide bonds. The van der Waals surface area contributed by atoms with Gasteiger partial charge in [0.15, 0.2) is 0 Å². The third kappa shape index (κ3) is 2.36. The van der Waals surface area contributed by atoms with Gasteiger partial charge in [0.2, 0.25) is 0 Å². The smallest absolute Gasteiger partial charge is 0.261 e. The Labute approximate surface area is 82.5 Å². The summed E-state index contributed by atoms with van der Waals surface area (Å²) in [5.74, 6) is 0. The number of azide groups is 1. The van der Waals surface area contributed by atoms with E-state index in [2.05, 4.69) is 14.2 Å². The molecule has 0 aliphatic carbocycles. The molecular formula is C6H12N4O3S. The molecule has 1 rings (SSSR count). The van der Waals surface area contributed by atoms with Gasteiger partial charge in [-0.15, -0.1) is 0 Å². The maximum absolute atomic E-state index is 11.3. The fourth-order valence-electron chi connectivity index (χ4n) is 1.51. The third-order valence-corrected chi connectivity index (χ3v) is 3.65. The van der Waals surface area contributed by atoms with Gasteiger partial charge in [-0.05, 0) is 18.4 Å². The molecular weight excluding hydrogens is 208 g/mol. The average molecular weight is 220 g/mol. The first-order valence-electron chi connectivity index (χ1n) is 4.20. The summed E-state index contributed by atoms with van der Waals surface area (Å²) in [5.41, 5.74) is 8.13. The zero-order valence-electron chi connectivity index (χ0n) is 7.83. The molecule has 8 heteroatoms. The van der Waals surface area contributed by atoms with Gasteiger partial charge in [-0.3, -0.25) is 4.18 Å². The van der Waals surface area contributed by atoms with Crippen LogP contribution < -0.4 is 0 Å². The van der Waals surface area contributed by atoms with E-state index in [-0.39, 0.29) is 12.6 Å². The van der Waals surface area contributed by atoms with Crippen LogP contribution in [0, 0.1) is 0 Å². The molecule has 1 atom stereocenters. The van der Waals surface area contributed by atoms with Gasteiger partial charge in [-0.1, -0.05) is 5.11 Å². The molecule has 1 unspecified atom stereocenters. The van der Waals surface area contributed by atoms with Crippen molar-refractivity contribution in [3.05, 3.63) is 10.4 Å². The van der Waals surface area contributed by atoms with Crippen molar-refractivity contribution < 1.29 is 12.6 Å². The van der Waals surface area contributed by atoms with Gasteiger partial charge < -0.3 is 0 Å². The second kappa shape index (κ2) is 4.61. The summed E-state index contributed by atoms with van der Waals surface area (Å²) in [4.78, 5) is 2.60. The second-order valence-corrected chi connectivity index (χ2v) is 4.60. The molecule has 7 nitrogen and oxygen atoms in total. The molecule has 80 valence electrons. The van der Waals surface area contributed by atoms with Crippen LogP contribution in [0.3, 0.4) is 0 Å². The van der Waals surface area contributed by atoms with Crippen LogP contribution in [0.4, 0.5) is 0 Å². The molecule has 0 saturated carbocycles. The summed E-state index contributed by atoms with van der Waals surface area (Å²) in [5, 5.41) is 3.37. The molecule has 0 aromatic carbocycles. The SMILES string of the molecule is COS(=O)(=O)N1CCCC1CN=[N+]=[N-]. The summed E-state index contributed by atoms with van der Waals surface area (Å²) < 4.78 is 28.3. The van der Waals surface area contributed by atoms with Crippen LogP contribution in [0.1, 0.15) is 12.8 Å². The van der Waals surface area contributed by atoms with E-state index in [4.69, 9.17) is 5.53 Å². The molecule has 0 spiro atoms. The van der Waals surface area contributed by atoms with Crippen molar-refractivity contribution in [2.45, 2.75) is 18.9 Å². The Morgan fingerprint density at radius 3 is 3.00 bits per heavy atom. The van der Waals surface area contributed by atoms with Gasteiger partial charge in [-0.25, -0.2) is 0 Å². The quantitative estimate of drug-likeness (QED) is 0.395. The second-order valence-electron chi connectivity index (χ2n) is 2.94. The topological polar surface area (TPSA) is 95.4 Å². The monoisotopic (exact) mass is 220 g/mol. The maximum atomic E-state index is 11.3. The lowest BCUT2D eigenvalue weighted by Gasteiger charge is -2.20. The number of rotatable bonds is 4. The highest BCUT2D eigenvalue weighted by Crippen LogP contribution is 2.21. The lowest BCUT2D eigenvalue weighted by Crippen LogP contribution is -2.37. The molecule has 0 aromatic heterocycles. The van der Waals surface area contributed by atoms with Crippen molar-refractivity contribution >= 4 is 10.3 Å². The van der Waals surface area contributed by atoms with Gasteiger partial charge in [-0.2, -0.15) is 12.7 Å². The van der Waals surface area contributed by atoms with Crippen LogP contribution >= 0.6 is 0 Å². The van der Waals surface area contributed by atoms with E-state index < -0.39 is 10.3 Å². The van der Waals surface area contributed by atoms with Crippen LogP contribution in [0.15, 0.2) is 5.11 Å². The fraction of sp³-hybridized carbons (Fsp3) is 1.00. The number of hydrogen-bond donors (Lipinski definition) is 0. The minimum absolute atomic E-state index is 0.166. The van der Waals surface area contributed by atoms with E-state index in [1.165, 1.54) is 4.31 Å². The van der Waals surface area contributed by atoms with E-state index in [0.717, 1.165) is 13.5 Å². The lowest BCUT2D eigenvalue weighted by molar-refractivity contribution is 0.303. The predicted octanol–water partition coefficient (Wildman–Crippen LogP) is 0.652. The van der Waals surface area contributed by atoms with Crippen molar-refractivity contribution in [2.24, 2.45) is 5.11 Å². The van der Waals surface area contributed by atoms with E-state index in [9.17, 15) is 8.42 Å². The molecule has 1 fully saturated rings. The van der Waals surface area contributed by atoms with Crippen molar-refractivity contribution in [2.75, 3.05) is 20.2 Å². The first-order valence-corrected chi connectivity index (χ1v) is 5.56. The molecule has 0 N–H and O–H groups in total. The molecule has 1 heterocycles. The number of hydrogen-bond acceptors (Lipinski definition) is 4. The van der Waals surface area contributed by atoms with Gasteiger partial charge >= 0.3 is 10.3 Å². The van der Waals surface area contributed by atoms with Crippen LogP contribution in [0.5, 0.6) is 0 Å². The Morgan fingerprint density at radius 1 is 1.71 bits per heavy atom. The summed E-state index contributed by atoms with van der Waals surface area (Å²) in [7, 11) is -2.50. The molecule has 1 aliphatic rings. The third-order valence-electron chi connectivity index (χ3n) is 2.18. The minimum Gasteiger partial charge on any atom is -0.261 e. The fourth-order valence-corrected chi connectivity index (χ4v) is 2.59. The summed E-state index contributed by atoms with van der Waals surface area (Å²) in [6.45, 7) is 0.598. The number of nitrogens with zero attached hydrogens (tertiary/aromatic N) is 4. The van der Waals surface area contributed by atoms with Gasteiger partial charge in [0.1, 0.15) is 0 Å². The largest absolute Gasteiger partial charge is 0.338 e. The standard InChI is InChI=1S/C6H12N4O3S/c1-13-14(11,12)10-4-2-3-6(10)5-8-9-7/h6H,2-5H2,1H3. The Bertz CT molecular complexity index is 335.